The number of anilines is 1. The molecule has 4 aromatic rings. The van der Waals surface area contributed by atoms with E-state index in [1.165, 1.54) is 17.0 Å². The van der Waals surface area contributed by atoms with Gasteiger partial charge in [0.05, 0.1) is 34.6 Å². The molecule has 3 aliphatic rings. The first-order valence-corrected chi connectivity index (χ1v) is 14.2. The highest BCUT2D eigenvalue weighted by molar-refractivity contribution is 5.95. The van der Waals surface area contributed by atoms with Crippen molar-refractivity contribution in [3.05, 3.63) is 74.9 Å². The van der Waals surface area contributed by atoms with E-state index < -0.39 is 52.1 Å². The maximum absolute atomic E-state index is 15.0. The number of likely N-dealkylation sites (N-methyl/N-ethyl adjacent to an activating group) is 1. The predicted octanol–water partition coefficient (Wildman–Crippen LogP) is 4.71. The third kappa shape index (κ3) is 5.42. The Labute approximate surface area is 267 Å². The summed E-state index contributed by atoms with van der Waals surface area (Å²) >= 11 is 0. The molecule has 0 saturated carbocycles. The molecule has 0 unspecified atom stereocenters. The Hall–Kier alpha value is -5.97. The van der Waals surface area contributed by atoms with E-state index in [-0.39, 0.29) is 27.8 Å². The van der Waals surface area contributed by atoms with E-state index in [1.807, 2.05) is 11.9 Å². The molecule has 3 aliphatic heterocycles. The third-order valence-corrected chi connectivity index (χ3v) is 7.91. The molecule has 2 aromatic heterocycles. The average molecular weight is 671 g/mol. The number of carboxylic acid groups (broad SMARTS) is 2. The van der Waals surface area contributed by atoms with Crippen LogP contribution >= 0.6 is 0 Å². The van der Waals surface area contributed by atoms with E-state index in [4.69, 9.17) is 19.7 Å². The van der Waals surface area contributed by atoms with E-state index >= 15 is 4.39 Å². The molecule has 48 heavy (non-hydrogen) atoms. The summed E-state index contributed by atoms with van der Waals surface area (Å²) in [4.78, 5) is 50.3. The molecule has 14 nitrogen and oxygen atoms in total. The summed E-state index contributed by atoms with van der Waals surface area (Å²) in [5, 5.41) is 17.2. The number of piperazine rings is 1. The Morgan fingerprint density at radius 1 is 0.750 bits per heavy atom. The summed E-state index contributed by atoms with van der Waals surface area (Å²) in [7, 11) is 2.00. The zero-order chi connectivity index (χ0) is 34.6. The third-order valence-electron chi connectivity index (χ3n) is 7.91. The van der Waals surface area contributed by atoms with Crippen LogP contribution < -0.4 is 34.7 Å². The number of aromatic nitrogens is 2. The Bertz CT molecular complexity index is 2240. The Morgan fingerprint density at radius 2 is 1.21 bits per heavy atom. The van der Waals surface area contributed by atoms with E-state index in [9.17, 15) is 28.0 Å². The van der Waals surface area contributed by atoms with Crippen LogP contribution in [-0.2, 0) is 0 Å². The second-order valence-electron chi connectivity index (χ2n) is 11.0. The fourth-order valence-electron chi connectivity index (χ4n) is 5.61. The van der Waals surface area contributed by atoms with Crippen LogP contribution in [0.25, 0.3) is 33.2 Å². The number of halogens is 3. The van der Waals surface area contributed by atoms with Gasteiger partial charge in [0.25, 0.3) is 0 Å². The molecule has 0 radical (unpaired) electrons. The summed E-state index contributed by atoms with van der Waals surface area (Å²) in [6.45, 7) is 6.13. The fourth-order valence-corrected chi connectivity index (χ4v) is 5.61. The van der Waals surface area contributed by atoms with Crippen molar-refractivity contribution in [3.8, 4) is 23.0 Å². The number of hydrogen-bond acceptors (Lipinski definition) is 10. The SMILES string of the molecule is CC1=COc2c(F)c(F)cc3c(=O)c(OC(=O)O)cn1c23.CC1=COc2c(N3CCN(C)CC3)c(F)cc3c(=O)c(OC(=O)O)cn1c23. The van der Waals surface area contributed by atoms with Crippen LogP contribution in [-0.4, -0.2) is 69.8 Å². The Kier molecular flexibility index (Phi) is 8.00. The minimum Gasteiger partial charge on any atom is -0.459 e. The number of benzene rings is 2. The van der Waals surface area contributed by atoms with Crippen molar-refractivity contribution in [3.63, 3.8) is 0 Å². The molecule has 1 saturated heterocycles. The van der Waals surface area contributed by atoms with Gasteiger partial charge in [0.2, 0.25) is 16.7 Å². The monoisotopic (exact) mass is 670 g/mol. The lowest BCUT2D eigenvalue weighted by Gasteiger charge is -2.35. The van der Waals surface area contributed by atoms with Gasteiger partial charge in [-0.25, -0.2) is 18.4 Å². The van der Waals surface area contributed by atoms with Gasteiger partial charge in [-0.2, -0.15) is 4.39 Å². The molecular weight excluding hydrogens is 645 g/mol. The summed E-state index contributed by atoms with van der Waals surface area (Å²) in [5.74, 6) is -4.18. The maximum atomic E-state index is 15.0. The fraction of sp³-hybridized carbons (Fsp3) is 0.226. The van der Waals surface area contributed by atoms with E-state index in [1.54, 1.807) is 18.4 Å². The minimum absolute atomic E-state index is 0.00609. The largest absolute Gasteiger partial charge is 0.511 e. The quantitative estimate of drug-likeness (QED) is 0.289. The van der Waals surface area contributed by atoms with Crippen LogP contribution in [0.4, 0.5) is 28.4 Å². The van der Waals surface area contributed by atoms with Crippen LogP contribution in [0.1, 0.15) is 13.8 Å². The van der Waals surface area contributed by atoms with Gasteiger partial charge in [-0.05, 0) is 33.0 Å². The number of carbonyl (C=O) groups is 2. The van der Waals surface area contributed by atoms with Crippen LogP contribution in [0.3, 0.4) is 0 Å². The normalized spacial score (nSPS) is 15.1. The van der Waals surface area contributed by atoms with Crippen molar-refractivity contribution in [2.24, 2.45) is 0 Å². The molecule has 5 heterocycles. The predicted molar refractivity (Wildman–Crippen MR) is 164 cm³/mol. The van der Waals surface area contributed by atoms with Crippen LogP contribution in [0.2, 0.25) is 0 Å². The number of pyridine rings is 2. The number of ether oxygens (including phenoxy) is 4. The van der Waals surface area contributed by atoms with Gasteiger partial charge in [0, 0.05) is 26.2 Å². The highest BCUT2D eigenvalue weighted by Gasteiger charge is 2.29. The van der Waals surface area contributed by atoms with Gasteiger partial charge in [-0.1, -0.05) is 0 Å². The lowest BCUT2D eigenvalue weighted by molar-refractivity contribution is 0.142. The Morgan fingerprint density at radius 3 is 1.71 bits per heavy atom. The van der Waals surface area contributed by atoms with Crippen LogP contribution in [0, 0.1) is 17.5 Å². The molecule has 0 spiro atoms. The molecule has 2 N–H and O–H groups in total. The molecule has 0 amide bonds. The summed E-state index contributed by atoms with van der Waals surface area (Å²) < 4.78 is 64.9. The molecule has 0 bridgehead atoms. The van der Waals surface area contributed by atoms with Gasteiger partial charge in [-0.3, -0.25) is 9.59 Å². The zero-order valence-corrected chi connectivity index (χ0v) is 25.4. The number of rotatable bonds is 3. The molecule has 1 fully saturated rings. The number of hydrogen-bond donors (Lipinski definition) is 2. The number of nitrogens with zero attached hydrogens (tertiary/aromatic N) is 4. The van der Waals surface area contributed by atoms with Gasteiger partial charge >= 0.3 is 12.3 Å². The zero-order valence-electron chi connectivity index (χ0n) is 25.4. The lowest BCUT2D eigenvalue weighted by atomic mass is 10.1. The molecule has 17 heteroatoms. The highest BCUT2D eigenvalue weighted by Crippen LogP contribution is 2.42. The minimum atomic E-state index is -1.68. The lowest BCUT2D eigenvalue weighted by Crippen LogP contribution is -2.45. The second kappa shape index (κ2) is 12.0. The molecule has 7 rings (SSSR count). The summed E-state index contributed by atoms with van der Waals surface area (Å²) in [6, 6.07) is 1.81. The first-order valence-electron chi connectivity index (χ1n) is 14.2. The smallest absolute Gasteiger partial charge is 0.459 e. The van der Waals surface area contributed by atoms with Gasteiger partial charge in [-0.15, -0.1) is 0 Å². The van der Waals surface area contributed by atoms with Crippen molar-refractivity contribution < 1.29 is 51.9 Å². The van der Waals surface area contributed by atoms with Crippen molar-refractivity contribution in [2.45, 2.75) is 13.8 Å². The van der Waals surface area contributed by atoms with E-state index in [2.05, 4.69) is 14.4 Å². The van der Waals surface area contributed by atoms with Crippen molar-refractivity contribution >= 4 is 51.2 Å². The van der Waals surface area contributed by atoms with Crippen LogP contribution in [0.5, 0.6) is 23.0 Å². The highest BCUT2D eigenvalue weighted by atomic mass is 19.2. The van der Waals surface area contributed by atoms with Crippen molar-refractivity contribution in [2.75, 3.05) is 38.1 Å². The van der Waals surface area contributed by atoms with Crippen LogP contribution in [0.15, 0.2) is 46.6 Å². The van der Waals surface area contributed by atoms with Crippen molar-refractivity contribution in [1.29, 1.82) is 0 Å². The summed E-state index contributed by atoms with van der Waals surface area (Å²) in [6.07, 6.45) is 1.68. The topological polar surface area (TPSA) is 162 Å². The molecule has 0 atom stereocenters. The van der Waals surface area contributed by atoms with E-state index in [0.717, 1.165) is 31.6 Å². The average Bonchev–Trinajstić information content (AvgIpc) is 3.03. The maximum Gasteiger partial charge on any atom is 0.511 e. The Balaban J connectivity index is 0.000000173. The van der Waals surface area contributed by atoms with Crippen molar-refractivity contribution in [1.82, 2.24) is 14.0 Å². The second-order valence-corrected chi connectivity index (χ2v) is 11.0. The molecule has 250 valence electrons. The first-order chi connectivity index (χ1) is 22.8. The van der Waals surface area contributed by atoms with E-state index in [0.29, 0.717) is 41.8 Å². The molecule has 0 aliphatic carbocycles. The molecule has 2 aromatic carbocycles. The van der Waals surface area contributed by atoms with Gasteiger partial charge < -0.3 is 48.1 Å². The number of allylic oxidation sites excluding steroid dienone is 2. The summed E-state index contributed by atoms with van der Waals surface area (Å²) in [5.41, 5.74) is 0.186. The standard InChI is InChI=1S/C18H18FN3O5.C13H7F2NO5/c1-10-9-26-17-14-11(16(23)13(8-22(10)14)27-18(24)25)7-12(19)15(17)21-5-3-20(2)4-6-21;1-5-4-20-12-9(15)7(14)2-6-10(12)16(5)3-8(11(6)17)21-13(18)19/h7-9H,3-6H2,1-2H3,(H,24,25);2-4H,1H3,(H,18,19). The molecular formula is C31H25F3N4O10. The van der Waals surface area contributed by atoms with Gasteiger partial charge in [0.1, 0.15) is 29.2 Å². The first kappa shape index (κ1) is 32.0. The van der Waals surface area contributed by atoms with Gasteiger partial charge in [0.15, 0.2) is 34.6 Å².